The predicted octanol–water partition coefficient (Wildman–Crippen LogP) is 1.66. The summed E-state index contributed by atoms with van der Waals surface area (Å²) in [6.45, 7) is 3.04. The molecule has 1 aliphatic rings. The van der Waals surface area contributed by atoms with Gasteiger partial charge in [0.2, 0.25) is 0 Å². The van der Waals surface area contributed by atoms with Gasteiger partial charge in [0.25, 0.3) is 0 Å². The number of hydrogen-bond donors (Lipinski definition) is 2. The Bertz CT molecular complexity index is 345. The molecule has 0 amide bonds. The Morgan fingerprint density at radius 2 is 2.38 bits per heavy atom. The van der Waals surface area contributed by atoms with Crippen molar-refractivity contribution in [3.8, 4) is 0 Å². The van der Waals surface area contributed by atoms with Crippen molar-refractivity contribution in [2.24, 2.45) is 18.7 Å². The van der Waals surface area contributed by atoms with E-state index in [1.54, 1.807) is 0 Å². The van der Waals surface area contributed by atoms with Crippen molar-refractivity contribution < 1.29 is 0 Å². The molecule has 16 heavy (non-hydrogen) atoms. The van der Waals surface area contributed by atoms with Crippen LogP contribution in [0.3, 0.4) is 0 Å². The van der Waals surface area contributed by atoms with Crippen LogP contribution < -0.4 is 11.1 Å². The van der Waals surface area contributed by atoms with E-state index in [1.165, 1.54) is 19.3 Å². The van der Waals surface area contributed by atoms with E-state index in [0.717, 1.165) is 30.4 Å². The summed E-state index contributed by atoms with van der Waals surface area (Å²) < 4.78 is 1.90. The van der Waals surface area contributed by atoms with Crippen molar-refractivity contribution in [2.45, 2.75) is 38.6 Å². The van der Waals surface area contributed by atoms with Crippen LogP contribution in [-0.2, 0) is 7.05 Å². The molecule has 0 saturated heterocycles. The van der Waals surface area contributed by atoms with Gasteiger partial charge in [-0.2, -0.15) is 5.10 Å². The van der Waals surface area contributed by atoms with Gasteiger partial charge in [-0.15, -0.1) is 0 Å². The van der Waals surface area contributed by atoms with Crippen molar-refractivity contribution >= 4 is 5.82 Å². The first-order valence-corrected chi connectivity index (χ1v) is 6.15. The van der Waals surface area contributed by atoms with E-state index < -0.39 is 0 Å². The summed E-state index contributed by atoms with van der Waals surface area (Å²) in [5, 5.41) is 7.79. The van der Waals surface area contributed by atoms with Gasteiger partial charge in [-0.1, -0.05) is 6.42 Å². The molecule has 4 heteroatoms. The molecule has 1 saturated carbocycles. The van der Waals surface area contributed by atoms with Crippen LogP contribution in [0.15, 0.2) is 6.07 Å². The van der Waals surface area contributed by atoms with Crippen molar-refractivity contribution in [2.75, 3.05) is 11.9 Å². The van der Waals surface area contributed by atoms with E-state index in [-0.39, 0.29) is 0 Å². The molecule has 2 unspecified atom stereocenters. The van der Waals surface area contributed by atoms with Gasteiger partial charge < -0.3 is 11.1 Å². The molecule has 90 valence electrons. The molecule has 1 aliphatic carbocycles. The van der Waals surface area contributed by atoms with Crippen LogP contribution in [0.4, 0.5) is 5.82 Å². The van der Waals surface area contributed by atoms with Crippen LogP contribution >= 0.6 is 0 Å². The minimum atomic E-state index is 0.411. The van der Waals surface area contributed by atoms with Crippen LogP contribution in [0.2, 0.25) is 0 Å². The molecule has 0 aromatic carbocycles. The third-order valence-corrected chi connectivity index (χ3v) is 3.40. The average Bonchev–Trinajstić information content (AvgIpc) is 2.54. The number of hydrogen-bond acceptors (Lipinski definition) is 3. The highest BCUT2D eigenvalue weighted by Crippen LogP contribution is 2.23. The molecule has 1 aromatic rings. The maximum atomic E-state index is 5.98. The van der Waals surface area contributed by atoms with Crippen LogP contribution in [0.1, 0.15) is 31.4 Å². The molecular formula is C12H22N4. The fourth-order valence-corrected chi connectivity index (χ4v) is 2.54. The molecule has 4 nitrogen and oxygen atoms in total. The summed E-state index contributed by atoms with van der Waals surface area (Å²) in [7, 11) is 1.97. The lowest BCUT2D eigenvalue weighted by atomic mass is 9.86. The van der Waals surface area contributed by atoms with Crippen molar-refractivity contribution in [1.29, 1.82) is 0 Å². The first kappa shape index (κ1) is 11.5. The fraction of sp³-hybridized carbons (Fsp3) is 0.750. The second kappa shape index (κ2) is 4.87. The monoisotopic (exact) mass is 222 g/mol. The number of nitrogens with zero attached hydrogens (tertiary/aromatic N) is 2. The summed E-state index contributed by atoms with van der Waals surface area (Å²) in [6.07, 6.45) is 4.93. The molecule has 1 heterocycles. The summed E-state index contributed by atoms with van der Waals surface area (Å²) in [5.74, 6) is 1.83. The van der Waals surface area contributed by atoms with Crippen LogP contribution in [0.5, 0.6) is 0 Å². The maximum absolute atomic E-state index is 5.98. The van der Waals surface area contributed by atoms with E-state index in [2.05, 4.69) is 16.5 Å². The summed E-state index contributed by atoms with van der Waals surface area (Å²) in [5.41, 5.74) is 7.04. The smallest absolute Gasteiger partial charge is 0.124 e. The lowest BCUT2D eigenvalue weighted by molar-refractivity contribution is 0.334. The predicted molar refractivity (Wildman–Crippen MR) is 66.4 cm³/mol. The molecule has 3 N–H and O–H groups in total. The van der Waals surface area contributed by atoms with Crippen LogP contribution in [0.25, 0.3) is 0 Å². The van der Waals surface area contributed by atoms with Crippen molar-refractivity contribution in [3.63, 3.8) is 0 Å². The minimum absolute atomic E-state index is 0.411. The molecule has 1 aromatic heterocycles. The lowest BCUT2D eigenvalue weighted by Gasteiger charge is -2.26. The third-order valence-electron chi connectivity index (χ3n) is 3.40. The number of nitrogens with two attached hydrogens (primary N) is 1. The number of rotatable bonds is 3. The normalized spacial score (nSPS) is 25.7. The Morgan fingerprint density at radius 1 is 1.56 bits per heavy atom. The standard InChI is InChI=1S/C12H22N4/c1-9-6-12(16(2)15-9)14-8-10-4-3-5-11(13)7-10/h6,10-11,14H,3-5,7-8,13H2,1-2H3. The largest absolute Gasteiger partial charge is 0.370 e. The highest BCUT2D eigenvalue weighted by Gasteiger charge is 2.19. The highest BCUT2D eigenvalue weighted by molar-refractivity contribution is 5.36. The number of aromatic nitrogens is 2. The molecule has 0 radical (unpaired) electrons. The van der Waals surface area contributed by atoms with E-state index in [1.807, 2.05) is 18.7 Å². The van der Waals surface area contributed by atoms with E-state index in [0.29, 0.717) is 6.04 Å². The third kappa shape index (κ3) is 2.76. The average molecular weight is 222 g/mol. The van der Waals surface area contributed by atoms with Crippen molar-refractivity contribution in [1.82, 2.24) is 9.78 Å². The second-order valence-electron chi connectivity index (χ2n) is 4.97. The molecule has 1 fully saturated rings. The Hall–Kier alpha value is -1.03. The molecule has 2 rings (SSSR count). The zero-order valence-corrected chi connectivity index (χ0v) is 10.2. The molecular weight excluding hydrogens is 200 g/mol. The Kier molecular flexibility index (Phi) is 3.49. The Balaban J connectivity index is 1.85. The lowest BCUT2D eigenvalue weighted by Crippen LogP contribution is -2.31. The van der Waals surface area contributed by atoms with Gasteiger partial charge in [-0.3, -0.25) is 4.68 Å². The second-order valence-corrected chi connectivity index (χ2v) is 4.97. The molecule has 2 atom stereocenters. The SMILES string of the molecule is Cc1cc(NCC2CCCC(N)C2)n(C)n1. The first-order valence-electron chi connectivity index (χ1n) is 6.15. The van der Waals surface area contributed by atoms with Gasteiger partial charge in [0.15, 0.2) is 0 Å². The zero-order chi connectivity index (χ0) is 11.5. The Labute approximate surface area is 97.2 Å². The zero-order valence-electron chi connectivity index (χ0n) is 10.2. The first-order chi connectivity index (χ1) is 7.65. The molecule has 0 bridgehead atoms. The van der Waals surface area contributed by atoms with Gasteiger partial charge in [-0.25, -0.2) is 0 Å². The van der Waals surface area contributed by atoms with Gasteiger partial charge in [0.1, 0.15) is 5.82 Å². The number of nitrogens with one attached hydrogen (secondary N) is 1. The molecule has 0 aliphatic heterocycles. The van der Waals surface area contributed by atoms with E-state index in [4.69, 9.17) is 5.73 Å². The maximum Gasteiger partial charge on any atom is 0.124 e. The van der Waals surface area contributed by atoms with Crippen LogP contribution in [0, 0.1) is 12.8 Å². The van der Waals surface area contributed by atoms with E-state index in [9.17, 15) is 0 Å². The van der Waals surface area contributed by atoms with Gasteiger partial charge >= 0.3 is 0 Å². The van der Waals surface area contributed by atoms with Crippen LogP contribution in [-0.4, -0.2) is 22.4 Å². The quantitative estimate of drug-likeness (QED) is 0.817. The summed E-state index contributed by atoms with van der Waals surface area (Å²) in [4.78, 5) is 0. The number of aryl methyl sites for hydroxylation is 2. The van der Waals surface area contributed by atoms with Crippen molar-refractivity contribution in [3.05, 3.63) is 11.8 Å². The highest BCUT2D eigenvalue weighted by atomic mass is 15.3. The summed E-state index contributed by atoms with van der Waals surface area (Å²) >= 11 is 0. The van der Waals surface area contributed by atoms with Gasteiger partial charge in [-0.05, 0) is 32.1 Å². The van der Waals surface area contributed by atoms with Gasteiger partial charge in [0, 0.05) is 25.7 Å². The van der Waals surface area contributed by atoms with E-state index >= 15 is 0 Å². The Morgan fingerprint density at radius 3 is 3.00 bits per heavy atom. The summed E-state index contributed by atoms with van der Waals surface area (Å²) in [6, 6.07) is 2.50. The van der Waals surface area contributed by atoms with Gasteiger partial charge in [0.05, 0.1) is 5.69 Å². The topological polar surface area (TPSA) is 55.9 Å². The molecule has 0 spiro atoms. The number of anilines is 1. The minimum Gasteiger partial charge on any atom is -0.370 e. The fourth-order valence-electron chi connectivity index (χ4n) is 2.54.